The number of carboxylic acid groups (broad SMARTS) is 1. The number of hydrogen-bond acceptors (Lipinski definition) is 4. The standard InChI is InChI=1S/C22H23N3.C2H4O2/c1-13-4-7-21(25)18(10-13)22(16-5-8-19(23)14(2)11-16)17-6-9-20(24)15(3)12-17;1-2(3)4/h4-12,23H,24-25H2,1-3H3;1H3,(H,3,4). The van der Waals surface area contributed by atoms with Crippen LogP contribution in [0.3, 0.4) is 0 Å². The van der Waals surface area contributed by atoms with Crippen LogP contribution in [-0.4, -0.2) is 16.8 Å². The van der Waals surface area contributed by atoms with Gasteiger partial charge in [0.2, 0.25) is 0 Å². The number of nitrogens with two attached hydrogens (primary N) is 2. The first-order chi connectivity index (χ1) is 13.6. The molecule has 0 saturated carbocycles. The molecule has 5 heteroatoms. The summed E-state index contributed by atoms with van der Waals surface area (Å²) in [6.07, 6.45) is 5.87. The van der Waals surface area contributed by atoms with Gasteiger partial charge in [-0.1, -0.05) is 23.8 Å². The van der Waals surface area contributed by atoms with Gasteiger partial charge in [-0.3, -0.25) is 4.79 Å². The summed E-state index contributed by atoms with van der Waals surface area (Å²) in [5.41, 5.74) is 21.7. The summed E-state index contributed by atoms with van der Waals surface area (Å²) >= 11 is 0. The highest BCUT2D eigenvalue weighted by Crippen LogP contribution is 2.35. The zero-order valence-corrected chi connectivity index (χ0v) is 17.2. The molecule has 1 aliphatic rings. The van der Waals surface area contributed by atoms with Crippen LogP contribution in [0.25, 0.3) is 5.57 Å². The summed E-state index contributed by atoms with van der Waals surface area (Å²) in [5.74, 6) is -0.833. The Hall–Kier alpha value is -3.60. The molecule has 0 amide bonds. The second-order valence-corrected chi connectivity index (χ2v) is 7.09. The molecule has 0 radical (unpaired) electrons. The van der Waals surface area contributed by atoms with E-state index < -0.39 is 5.97 Å². The van der Waals surface area contributed by atoms with Crippen molar-refractivity contribution in [1.82, 2.24) is 0 Å². The first-order valence-electron chi connectivity index (χ1n) is 9.22. The largest absolute Gasteiger partial charge is 0.481 e. The first kappa shape index (κ1) is 21.7. The summed E-state index contributed by atoms with van der Waals surface area (Å²) in [5, 5.41) is 15.4. The Labute approximate surface area is 171 Å². The number of nitrogens with one attached hydrogen (secondary N) is 1. The maximum atomic E-state index is 9.00. The lowest BCUT2D eigenvalue weighted by atomic mass is 9.87. The van der Waals surface area contributed by atoms with Crippen LogP contribution in [-0.2, 0) is 4.79 Å². The predicted molar refractivity (Wildman–Crippen MR) is 121 cm³/mol. The van der Waals surface area contributed by atoms with E-state index in [1.807, 2.05) is 56.3 Å². The van der Waals surface area contributed by atoms with E-state index in [2.05, 4.69) is 19.1 Å². The molecule has 0 spiro atoms. The molecule has 0 bridgehead atoms. The quantitative estimate of drug-likeness (QED) is 0.547. The molecule has 29 heavy (non-hydrogen) atoms. The van der Waals surface area contributed by atoms with Crippen LogP contribution >= 0.6 is 0 Å². The van der Waals surface area contributed by atoms with Crippen molar-refractivity contribution in [2.24, 2.45) is 0 Å². The second kappa shape index (κ2) is 9.06. The highest BCUT2D eigenvalue weighted by Gasteiger charge is 2.16. The van der Waals surface area contributed by atoms with Gasteiger partial charge in [-0.25, -0.2) is 0 Å². The molecule has 2 aromatic rings. The van der Waals surface area contributed by atoms with Crippen molar-refractivity contribution >= 4 is 28.6 Å². The van der Waals surface area contributed by atoms with Crippen LogP contribution in [0.5, 0.6) is 0 Å². The van der Waals surface area contributed by atoms with Crippen LogP contribution in [0.4, 0.5) is 11.4 Å². The number of anilines is 2. The number of aliphatic carboxylic acids is 1. The maximum Gasteiger partial charge on any atom is 0.300 e. The summed E-state index contributed by atoms with van der Waals surface area (Å²) < 4.78 is 0. The second-order valence-electron chi connectivity index (χ2n) is 7.09. The third-order valence-electron chi connectivity index (χ3n) is 4.55. The number of carboxylic acids is 1. The van der Waals surface area contributed by atoms with Gasteiger partial charge in [0.25, 0.3) is 5.97 Å². The zero-order valence-electron chi connectivity index (χ0n) is 17.2. The van der Waals surface area contributed by atoms with Crippen molar-refractivity contribution in [2.45, 2.75) is 27.7 Å². The Bertz CT molecular complexity index is 1060. The van der Waals surface area contributed by atoms with Crippen molar-refractivity contribution in [3.63, 3.8) is 0 Å². The van der Waals surface area contributed by atoms with Crippen LogP contribution in [0, 0.1) is 19.3 Å². The fraction of sp³-hybridized carbons (Fsp3) is 0.167. The summed E-state index contributed by atoms with van der Waals surface area (Å²) in [7, 11) is 0. The van der Waals surface area contributed by atoms with Gasteiger partial charge < -0.3 is 22.0 Å². The van der Waals surface area contributed by atoms with Gasteiger partial charge in [0, 0.05) is 23.9 Å². The molecule has 1 aliphatic carbocycles. The van der Waals surface area contributed by atoms with Gasteiger partial charge in [0.1, 0.15) is 0 Å². The van der Waals surface area contributed by atoms with E-state index in [1.54, 1.807) is 0 Å². The lowest BCUT2D eigenvalue weighted by molar-refractivity contribution is -0.134. The molecule has 0 aliphatic heterocycles. The van der Waals surface area contributed by atoms with E-state index in [0.29, 0.717) is 5.71 Å². The van der Waals surface area contributed by atoms with E-state index >= 15 is 0 Å². The van der Waals surface area contributed by atoms with Gasteiger partial charge in [-0.05, 0) is 85.0 Å². The predicted octanol–water partition coefficient (Wildman–Crippen LogP) is 4.90. The number of carbonyl (C=O) groups is 1. The molecule has 0 aromatic heterocycles. The first-order valence-corrected chi connectivity index (χ1v) is 9.22. The number of hydrogen-bond donors (Lipinski definition) is 4. The smallest absolute Gasteiger partial charge is 0.300 e. The Balaban J connectivity index is 0.000000687. The van der Waals surface area contributed by atoms with Crippen molar-refractivity contribution in [1.29, 1.82) is 5.41 Å². The molecule has 0 unspecified atom stereocenters. The third-order valence-corrected chi connectivity index (χ3v) is 4.55. The minimum atomic E-state index is -0.833. The Kier molecular flexibility index (Phi) is 6.78. The molecular formula is C24H27N3O2. The molecular weight excluding hydrogens is 362 g/mol. The van der Waals surface area contributed by atoms with E-state index in [0.717, 1.165) is 57.3 Å². The summed E-state index contributed by atoms with van der Waals surface area (Å²) in [6.45, 7) is 7.11. The minimum absolute atomic E-state index is 0.536. The Morgan fingerprint density at radius 1 is 0.966 bits per heavy atom. The number of allylic oxidation sites excluding steroid dienone is 5. The fourth-order valence-corrected chi connectivity index (χ4v) is 3.01. The zero-order chi connectivity index (χ0) is 21.7. The molecule has 0 atom stereocenters. The topological polar surface area (TPSA) is 113 Å². The Morgan fingerprint density at radius 3 is 2.17 bits per heavy atom. The average Bonchev–Trinajstić information content (AvgIpc) is 2.63. The van der Waals surface area contributed by atoms with E-state index in [1.165, 1.54) is 0 Å². The molecule has 3 rings (SSSR count). The van der Waals surface area contributed by atoms with Crippen LogP contribution in [0.2, 0.25) is 0 Å². The van der Waals surface area contributed by atoms with Gasteiger partial charge in [-0.15, -0.1) is 0 Å². The third kappa shape index (κ3) is 5.45. The van der Waals surface area contributed by atoms with E-state index in [-0.39, 0.29) is 0 Å². The average molecular weight is 389 g/mol. The SMILES string of the molecule is CC(=O)O.CC1=CC(=C(c2ccc(N)c(C)c2)c2cc(C)ccc2N)C=CC1=N. The number of nitrogen functional groups attached to an aromatic ring is 2. The highest BCUT2D eigenvalue weighted by molar-refractivity contribution is 6.09. The van der Waals surface area contributed by atoms with Crippen molar-refractivity contribution in [3.05, 3.63) is 88.0 Å². The van der Waals surface area contributed by atoms with Crippen LogP contribution in [0.1, 0.15) is 36.1 Å². The van der Waals surface area contributed by atoms with Crippen LogP contribution in [0.15, 0.2) is 65.8 Å². The molecule has 0 fully saturated rings. The van der Waals surface area contributed by atoms with Gasteiger partial charge in [-0.2, -0.15) is 0 Å². The van der Waals surface area contributed by atoms with E-state index in [4.69, 9.17) is 26.8 Å². The number of benzene rings is 2. The minimum Gasteiger partial charge on any atom is -0.481 e. The monoisotopic (exact) mass is 389 g/mol. The number of aryl methyl sites for hydroxylation is 2. The normalized spacial score (nSPS) is 14.6. The molecule has 6 N–H and O–H groups in total. The molecule has 0 saturated heterocycles. The lowest BCUT2D eigenvalue weighted by Gasteiger charge is -2.18. The highest BCUT2D eigenvalue weighted by atomic mass is 16.4. The molecule has 0 heterocycles. The van der Waals surface area contributed by atoms with Crippen molar-refractivity contribution < 1.29 is 9.90 Å². The lowest BCUT2D eigenvalue weighted by Crippen LogP contribution is -2.04. The number of rotatable bonds is 2. The van der Waals surface area contributed by atoms with Gasteiger partial charge in [0.15, 0.2) is 0 Å². The van der Waals surface area contributed by atoms with Gasteiger partial charge in [0.05, 0.1) is 5.71 Å². The van der Waals surface area contributed by atoms with Crippen molar-refractivity contribution in [2.75, 3.05) is 11.5 Å². The summed E-state index contributed by atoms with van der Waals surface area (Å²) in [4.78, 5) is 9.00. The maximum absolute atomic E-state index is 9.00. The van der Waals surface area contributed by atoms with Gasteiger partial charge >= 0.3 is 0 Å². The molecule has 2 aromatic carbocycles. The Morgan fingerprint density at radius 2 is 1.59 bits per heavy atom. The molecule has 5 nitrogen and oxygen atoms in total. The van der Waals surface area contributed by atoms with E-state index in [9.17, 15) is 0 Å². The molecule has 150 valence electrons. The summed E-state index contributed by atoms with van der Waals surface area (Å²) in [6, 6.07) is 12.1. The fourth-order valence-electron chi connectivity index (χ4n) is 3.01. The van der Waals surface area contributed by atoms with Crippen LogP contribution < -0.4 is 11.5 Å². The van der Waals surface area contributed by atoms with Crippen molar-refractivity contribution in [3.8, 4) is 0 Å².